The Balaban J connectivity index is 2.12. The number of fused-ring (bicyclic) bond motifs is 1. The molecule has 21 heavy (non-hydrogen) atoms. The smallest absolute Gasteiger partial charge is 0.166 e. The van der Waals surface area contributed by atoms with Crippen LogP contribution in [-0.4, -0.2) is 34.9 Å². The van der Waals surface area contributed by atoms with Gasteiger partial charge in [-0.15, -0.1) is 11.3 Å². The standard InChI is InChI=1S/C15H18N4OS/c1-10-9-13(16-6-7-20-3)19-15(17-10)14(11(2)18-19)12-5-4-8-21-12/h4-5,8-9,16H,6-7H2,1-3H3. The predicted octanol–water partition coefficient (Wildman–Crippen LogP) is 3.13. The number of rotatable bonds is 5. The number of aromatic nitrogens is 3. The summed E-state index contributed by atoms with van der Waals surface area (Å²) in [7, 11) is 1.70. The van der Waals surface area contributed by atoms with Crippen LogP contribution in [-0.2, 0) is 4.74 Å². The lowest BCUT2D eigenvalue weighted by atomic mass is 10.2. The van der Waals surface area contributed by atoms with Gasteiger partial charge in [0.1, 0.15) is 5.82 Å². The van der Waals surface area contributed by atoms with Gasteiger partial charge < -0.3 is 10.1 Å². The van der Waals surface area contributed by atoms with Crippen LogP contribution in [0, 0.1) is 13.8 Å². The van der Waals surface area contributed by atoms with Gasteiger partial charge in [-0.1, -0.05) is 6.07 Å². The first-order chi connectivity index (χ1) is 10.2. The van der Waals surface area contributed by atoms with Crippen molar-refractivity contribution in [3.8, 4) is 10.4 Å². The van der Waals surface area contributed by atoms with E-state index in [1.165, 1.54) is 4.88 Å². The molecule has 0 amide bonds. The number of anilines is 1. The molecule has 6 heteroatoms. The largest absolute Gasteiger partial charge is 0.383 e. The van der Waals surface area contributed by atoms with Gasteiger partial charge in [-0.2, -0.15) is 9.61 Å². The first-order valence-corrected chi connectivity index (χ1v) is 7.72. The Bertz CT molecular complexity index is 749. The van der Waals surface area contributed by atoms with Crippen molar-refractivity contribution in [2.24, 2.45) is 0 Å². The number of hydrogen-bond donors (Lipinski definition) is 1. The van der Waals surface area contributed by atoms with Gasteiger partial charge in [0.25, 0.3) is 0 Å². The van der Waals surface area contributed by atoms with E-state index in [-0.39, 0.29) is 0 Å². The van der Waals surface area contributed by atoms with Crippen LogP contribution in [0.4, 0.5) is 5.82 Å². The van der Waals surface area contributed by atoms with Crippen LogP contribution < -0.4 is 5.32 Å². The second-order valence-electron chi connectivity index (χ2n) is 4.88. The van der Waals surface area contributed by atoms with Gasteiger partial charge in [0.05, 0.1) is 17.9 Å². The highest BCUT2D eigenvalue weighted by Crippen LogP contribution is 2.32. The summed E-state index contributed by atoms with van der Waals surface area (Å²) < 4.78 is 6.97. The summed E-state index contributed by atoms with van der Waals surface area (Å²) in [5.41, 5.74) is 3.98. The Morgan fingerprint density at radius 2 is 2.24 bits per heavy atom. The second-order valence-corrected chi connectivity index (χ2v) is 5.82. The SMILES string of the molecule is COCCNc1cc(C)nc2c(-c3cccs3)c(C)nn12. The molecule has 0 bridgehead atoms. The van der Waals surface area contributed by atoms with Crippen LogP contribution in [0.1, 0.15) is 11.4 Å². The molecular formula is C15H18N4OS. The fraction of sp³-hybridized carbons (Fsp3) is 0.333. The van der Waals surface area contributed by atoms with E-state index in [1.54, 1.807) is 18.4 Å². The van der Waals surface area contributed by atoms with Crippen LogP contribution >= 0.6 is 11.3 Å². The van der Waals surface area contributed by atoms with Crippen molar-refractivity contribution in [3.05, 3.63) is 35.0 Å². The maximum atomic E-state index is 5.09. The molecule has 110 valence electrons. The predicted molar refractivity (Wildman–Crippen MR) is 86.1 cm³/mol. The van der Waals surface area contributed by atoms with Crippen molar-refractivity contribution in [1.29, 1.82) is 0 Å². The van der Waals surface area contributed by atoms with Gasteiger partial charge in [0, 0.05) is 30.3 Å². The third-order valence-corrected chi connectivity index (χ3v) is 4.16. The van der Waals surface area contributed by atoms with Gasteiger partial charge >= 0.3 is 0 Å². The minimum absolute atomic E-state index is 0.654. The molecule has 0 saturated carbocycles. The molecule has 0 aliphatic carbocycles. The molecule has 0 unspecified atom stereocenters. The summed E-state index contributed by atoms with van der Waals surface area (Å²) >= 11 is 1.71. The summed E-state index contributed by atoms with van der Waals surface area (Å²) in [6.45, 7) is 5.42. The lowest BCUT2D eigenvalue weighted by Gasteiger charge is -2.09. The monoisotopic (exact) mass is 302 g/mol. The van der Waals surface area contributed by atoms with E-state index in [2.05, 4.69) is 32.9 Å². The van der Waals surface area contributed by atoms with Crippen LogP contribution in [0.15, 0.2) is 23.6 Å². The van der Waals surface area contributed by atoms with Crippen molar-refractivity contribution >= 4 is 22.8 Å². The fourth-order valence-electron chi connectivity index (χ4n) is 2.36. The summed E-state index contributed by atoms with van der Waals surface area (Å²) in [5, 5.41) is 10.1. The Labute approximate surface area is 127 Å². The minimum atomic E-state index is 0.654. The van der Waals surface area contributed by atoms with E-state index in [1.807, 2.05) is 24.4 Å². The summed E-state index contributed by atoms with van der Waals surface area (Å²) in [4.78, 5) is 5.87. The molecule has 0 aromatic carbocycles. The topological polar surface area (TPSA) is 51.5 Å². The first-order valence-electron chi connectivity index (χ1n) is 6.84. The quantitative estimate of drug-likeness (QED) is 0.736. The first kappa shape index (κ1) is 14.0. The minimum Gasteiger partial charge on any atom is -0.383 e. The fourth-order valence-corrected chi connectivity index (χ4v) is 3.18. The van der Waals surface area contributed by atoms with Crippen LogP contribution in [0.5, 0.6) is 0 Å². The number of aryl methyl sites for hydroxylation is 2. The molecule has 0 aliphatic heterocycles. The maximum Gasteiger partial charge on any atom is 0.166 e. The molecule has 3 rings (SSSR count). The average molecular weight is 302 g/mol. The molecular weight excluding hydrogens is 284 g/mol. The second kappa shape index (κ2) is 5.83. The third-order valence-electron chi connectivity index (χ3n) is 3.27. The van der Waals surface area contributed by atoms with E-state index in [4.69, 9.17) is 4.74 Å². The van der Waals surface area contributed by atoms with Gasteiger partial charge in [0.15, 0.2) is 5.65 Å². The van der Waals surface area contributed by atoms with Gasteiger partial charge in [-0.25, -0.2) is 4.98 Å². The van der Waals surface area contributed by atoms with E-state index in [0.717, 1.165) is 35.0 Å². The van der Waals surface area contributed by atoms with E-state index in [0.29, 0.717) is 6.61 Å². The Morgan fingerprint density at radius 1 is 1.38 bits per heavy atom. The molecule has 5 nitrogen and oxygen atoms in total. The van der Waals surface area contributed by atoms with Gasteiger partial charge in [0.2, 0.25) is 0 Å². The zero-order chi connectivity index (χ0) is 14.8. The Hall–Kier alpha value is -1.92. The normalized spacial score (nSPS) is 11.2. The molecule has 0 aliphatic rings. The maximum absolute atomic E-state index is 5.09. The van der Waals surface area contributed by atoms with Crippen molar-refractivity contribution in [2.45, 2.75) is 13.8 Å². The summed E-state index contributed by atoms with van der Waals surface area (Å²) in [5.74, 6) is 0.945. The number of nitrogens with zero attached hydrogens (tertiary/aromatic N) is 3. The number of hydrogen-bond acceptors (Lipinski definition) is 5. The molecule has 0 radical (unpaired) electrons. The molecule has 3 heterocycles. The highest BCUT2D eigenvalue weighted by molar-refractivity contribution is 7.13. The average Bonchev–Trinajstić information content (AvgIpc) is 3.06. The molecule has 0 saturated heterocycles. The van der Waals surface area contributed by atoms with E-state index in [9.17, 15) is 0 Å². The van der Waals surface area contributed by atoms with Crippen molar-refractivity contribution < 1.29 is 4.74 Å². The van der Waals surface area contributed by atoms with Gasteiger partial charge in [-0.3, -0.25) is 0 Å². The number of nitrogens with one attached hydrogen (secondary N) is 1. The van der Waals surface area contributed by atoms with Crippen LogP contribution in [0.2, 0.25) is 0 Å². The van der Waals surface area contributed by atoms with E-state index < -0.39 is 0 Å². The lowest BCUT2D eigenvalue weighted by molar-refractivity contribution is 0.210. The lowest BCUT2D eigenvalue weighted by Crippen LogP contribution is -2.11. The third kappa shape index (κ3) is 2.64. The van der Waals surface area contributed by atoms with Crippen molar-refractivity contribution in [1.82, 2.24) is 14.6 Å². The van der Waals surface area contributed by atoms with Crippen LogP contribution in [0.25, 0.3) is 16.1 Å². The number of methoxy groups -OCH3 is 1. The number of thiophene rings is 1. The van der Waals surface area contributed by atoms with Crippen molar-refractivity contribution in [2.75, 3.05) is 25.6 Å². The van der Waals surface area contributed by atoms with E-state index >= 15 is 0 Å². The Kier molecular flexibility index (Phi) is 3.90. The summed E-state index contributed by atoms with van der Waals surface area (Å²) in [6.07, 6.45) is 0. The zero-order valence-corrected chi connectivity index (χ0v) is 13.2. The molecule has 0 atom stereocenters. The Morgan fingerprint density at radius 3 is 2.95 bits per heavy atom. The van der Waals surface area contributed by atoms with Gasteiger partial charge in [-0.05, 0) is 25.3 Å². The molecule has 0 fully saturated rings. The molecule has 1 N–H and O–H groups in total. The van der Waals surface area contributed by atoms with Crippen molar-refractivity contribution in [3.63, 3.8) is 0 Å². The van der Waals surface area contributed by atoms with Crippen LogP contribution in [0.3, 0.4) is 0 Å². The highest BCUT2D eigenvalue weighted by atomic mass is 32.1. The highest BCUT2D eigenvalue weighted by Gasteiger charge is 2.16. The molecule has 0 spiro atoms. The zero-order valence-electron chi connectivity index (χ0n) is 12.4. The summed E-state index contributed by atoms with van der Waals surface area (Å²) in [6, 6.07) is 6.17. The molecule has 3 aromatic heterocycles. The molecule has 3 aromatic rings. The number of ether oxygens (including phenoxy) is 1.